The van der Waals surface area contributed by atoms with Crippen molar-refractivity contribution >= 4 is 54.9 Å². The molecule has 0 aliphatic rings. The quantitative estimate of drug-likeness (QED) is 0.545. The highest BCUT2D eigenvalue weighted by atomic mass is 32.2. The van der Waals surface area contributed by atoms with Gasteiger partial charge in [-0.25, -0.2) is 4.79 Å². The Balaban J connectivity index is 2.20. The van der Waals surface area contributed by atoms with Crippen molar-refractivity contribution in [1.82, 2.24) is 4.57 Å². The van der Waals surface area contributed by atoms with Gasteiger partial charge in [-0.3, -0.25) is 4.79 Å². The van der Waals surface area contributed by atoms with Crippen LogP contribution in [0.4, 0.5) is 0 Å². The number of fused-ring (bicyclic) bond motifs is 1. The fourth-order valence-electron chi connectivity index (χ4n) is 2.43. The van der Waals surface area contributed by atoms with E-state index in [0.29, 0.717) is 15.8 Å². The number of hydrogen-bond donors (Lipinski definition) is 0. The van der Waals surface area contributed by atoms with Crippen LogP contribution in [-0.2, 0) is 30.8 Å². The summed E-state index contributed by atoms with van der Waals surface area (Å²) in [6.07, 6.45) is 0. The highest BCUT2D eigenvalue weighted by Crippen LogP contribution is 2.22. The summed E-state index contributed by atoms with van der Waals surface area (Å²) in [6, 6.07) is 7.81. The summed E-state index contributed by atoms with van der Waals surface area (Å²) in [4.78, 5) is 23.9. The van der Waals surface area contributed by atoms with Crippen LogP contribution in [0.5, 0.6) is 0 Å². The van der Waals surface area contributed by atoms with Crippen LogP contribution in [0.15, 0.2) is 44.3 Å². The molecule has 0 saturated carbocycles. The van der Waals surface area contributed by atoms with Crippen molar-refractivity contribution in [3.8, 4) is 0 Å². The lowest BCUT2D eigenvalue weighted by Gasteiger charge is -2.05. The molecule has 2 aromatic heterocycles. The first kappa shape index (κ1) is 20.2. The number of sulfonamides is 1. The maximum Gasteiger partial charge on any atom is 0.337 e. The summed E-state index contributed by atoms with van der Waals surface area (Å²) in [5, 5.41) is 1.64. The van der Waals surface area contributed by atoms with Crippen LogP contribution in [0.25, 0.3) is 10.2 Å². The third-order valence-corrected chi connectivity index (χ3v) is 7.44. The topological polar surface area (TPSA) is 104 Å². The fourth-order valence-corrected chi connectivity index (χ4v) is 5.67. The first-order chi connectivity index (χ1) is 13.4. The Bertz CT molecular complexity index is 1190. The van der Waals surface area contributed by atoms with Gasteiger partial charge in [0, 0.05) is 0 Å². The molecule has 148 valence electrons. The number of aromatic nitrogens is 1. The number of thiazole rings is 1. The van der Waals surface area contributed by atoms with Crippen molar-refractivity contribution in [2.24, 2.45) is 4.40 Å². The standard InChI is InChI=1S/C17H16N2O6S3/c1-3-25-14(20)10-19-12-7-6-11(16(21)24-2)9-13(12)27-17(19)18-28(22,23)15-5-4-8-26-15/h4-9H,3,10H2,1-2H3/b18-17-. The summed E-state index contributed by atoms with van der Waals surface area (Å²) >= 11 is 2.11. The first-order valence-electron chi connectivity index (χ1n) is 8.07. The maximum absolute atomic E-state index is 12.6. The van der Waals surface area contributed by atoms with Gasteiger partial charge < -0.3 is 14.0 Å². The van der Waals surface area contributed by atoms with Gasteiger partial charge in [0.1, 0.15) is 10.8 Å². The van der Waals surface area contributed by atoms with Crippen molar-refractivity contribution < 1.29 is 27.5 Å². The van der Waals surface area contributed by atoms with E-state index in [2.05, 4.69) is 4.40 Å². The van der Waals surface area contributed by atoms with Crippen molar-refractivity contribution in [3.63, 3.8) is 0 Å². The van der Waals surface area contributed by atoms with E-state index in [4.69, 9.17) is 9.47 Å². The van der Waals surface area contributed by atoms with Gasteiger partial charge in [0.25, 0.3) is 10.0 Å². The van der Waals surface area contributed by atoms with E-state index in [0.717, 1.165) is 22.7 Å². The molecule has 0 bridgehead atoms. The lowest BCUT2D eigenvalue weighted by Crippen LogP contribution is -2.23. The van der Waals surface area contributed by atoms with Gasteiger partial charge in [-0.15, -0.1) is 15.7 Å². The molecular formula is C17H16N2O6S3. The Morgan fingerprint density at radius 2 is 2.04 bits per heavy atom. The number of thiophene rings is 1. The van der Waals surface area contributed by atoms with Gasteiger partial charge >= 0.3 is 11.9 Å². The molecule has 0 saturated heterocycles. The molecular weight excluding hydrogens is 424 g/mol. The number of carbonyl (C=O) groups excluding carboxylic acids is 2. The Kier molecular flexibility index (Phi) is 5.96. The Morgan fingerprint density at radius 3 is 2.68 bits per heavy atom. The number of carbonyl (C=O) groups is 2. The minimum absolute atomic E-state index is 0.0999. The van der Waals surface area contributed by atoms with Crippen molar-refractivity contribution in [3.05, 3.63) is 46.1 Å². The van der Waals surface area contributed by atoms with Gasteiger partial charge in [0.05, 0.1) is 29.5 Å². The van der Waals surface area contributed by atoms with Crippen LogP contribution in [0.1, 0.15) is 17.3 Å². The Hall–Kier alpha value is -2.50. The zero-order chi connectivity index (χ0) is 20.3. The molecule has 11 heteroatoms. The predicted molar refractivity (Wildman–Crippen MR) is 105 cm³/mol. The number of esters is 2. The largest absolute Gasteiger partial charge is 0.465 e. The van der Waals surface area contributed by atoms with E-state index >= 15 is 0 Å². The number of benzene rings is 1. The summed E-state index contributed by atoms with van der Waals surface area (Å²) in [5.41, 5.74) is 0.873. The predicted octanol–water partition coefficient (Wildman–Crippen LogP) is 2.40. The highest BCUT2D eigenvalue weighted by molar-refractivity contribution is 7.92. The fraction of sp³-hybridized carbons (Fsp3) is 0.235. The number of methoxy groups -OCH3 is 1. The summed E-state index contributed by atoms with van der Waals surface area (Å²) in [5.74, 6) is -1.04. The van der Waals surface area contributed by atoms with Gasteiger partial charge in [-0.2, -0.15) is 8.42 Å². The molecule has 0 amide bonds. The highest BCUT2D eigenvalue weighted by Gasteiger charge is 2.18. The molecule has 0 spiro atoms. The minimum Gasteiger partial charge on any atom is -0.465 e. The average Bonchev–Trinajstić information content (AvgIpc) is 3.30. The second-order valence-electron chi connectivity index (χ2n) is 5.45. The molecule has 0 aliphatic carbocycles. The number of hydrogen-bond acceptors (Lipinski definition) is 8. The van der Waals surface area contributed by atoms with E-state index in [9.17, 15) is 18.0 Å². The molecule has 0 N–H and O–H groups in total. The summed E-state index contributed by atoms with van der Waals surface area (Å²) in [6.45, 7) is 1.68. The van der Waals surface area contributed by atoms with E-state index in [-0.39, 0.29) is 22.2 Å². The monoisotopic (exact) mass is 440 g/mol. The third-order valence-electron chi connectivity index (χ3n) is 3.64. The van der Waals surface area contributed by atoms with Crippen LogP contribution in [0.2, 0.25) is 0 Å². The molecule has 0 unspecified atom stereocenters. The van der Waals surface area contributed by atoms with Crippen molar-refractivity contribution in [1.29, 1.82) is 0 Å². The van der Waals surface area contributed by atoms with Gasteiger partial charge in [0.15, 0.2) is 0 Å². The summed E-state index contributed by atoms with van der Waals surface area (Å²) in [7, 11) is -2.66. The zero-order valence-corrected chi connectivity index (χ0v) is 17.4. The lowest BCUT2D eigenvalue weighted by molar-refractivity contribution is -0.143. The van der Waals surface area contributed by atoms with Crippen LogP contribution in [-0.4, -0.2) is 38.6 Å². The Morgan fingerprint density at radius 1 is 1.25 bits per heavy atom. The minimum atomic E-state index is -3.93. The first-order valence-corrected chi connectivity index (χ1v) is 11.2. The second kappa shape index (κ2) is 8.25. The van der Waals surface area contributed by atoms with Gasteiger partial charge in [-0.05, 0) is 36.6 Å². The molecule has 0 fully saturated rings. The molecule has 3 rings (SSSR count). The van der Waals surface area contributed by atoms with Crippen LogP contribution in [0, 0.1) is 0 Å². The number of ether oxygens (including phenoxy) is 2. The Labute approximate surface area is 168 Å². The molecule has 0 aliphatic heterocycles. The van der Waals surface area contributed by atoms with Crippen LogP contribution in [0.3, 0.4) is 0 Å². The zero-order valence-electron chi connectivity index (χ0n) is 14.9. The van der Waals surface area contributed by atoms with E-state index < -0.39 is 22.0 Å². The second-order valence-corrected chi connectivity index (χ2v) is 9.24. The van der Waals surface area contributed by atoms with E-state index in [1.165, 1.54) is 17.7 Å². The van der Waals surface area contributed by atoms with E-state index in [1.54, 1.807) is 36.6 Å². The molecule has 0 radical (unpaired) electrons. The summed E-state index contributed by atoms with van der Waals surface area (Å²) < 4.78 is 40.9. The molecule has 3 aromatic rings. The number of nitrogens with zero attached hydrogens (tertiary/aromatic N) is 2. The SMILES string of the molecule is CCOC(=O)Cn1/c(=N/S(=O)(=O)c2cccs2)sc2cc(C(=O)OC)ccc21. The molecule has 0 atom stereocenters. The lowest BCUT2D eigenvalue weighted by atomic mass is 10.2. The van der Waals surface area contributed by atoms with Crippen molar-refractivity contribution in [2.75, 3.05) is 13.7 Å². The number of rotatable bonds is 6. The van der Waals surface area contributed by atoms with Crippen LogP contribution >= 0.6 is 22.7 Å². The van der Waals surface area contributed by atoms with E-state index in [1.807, 2.05) is 0 Å². The van der Waals surface area contributed by atoms with Gasteiger partial charge in [-0.1, -0.05) is 17.4 Å². The molecule has 1 aromatic carbocycles. The van der Waals surface area contributed by atoms with Gasteiger partial charge in [0.2, 0.25) is 4.80 Å². The third kappa shape index (κ3) is 4.16. The molecule has 2 heterocycles. The molecule has 8 nitrogen and oxygen atoms in total. The van der Waals surface area contributed by atoms with Crippen LogP contribution < -0.4 is 4.80 Å². The maximum atomic E-state index is 12.6. The smallest absolute Gasteiger partial charge is 0.337 e. The average molecular weight is 441 g/mol. The normalized spacial score (nSPS) is 12.3. The molecule has 28 heavy (non-hydrogen) atoms. The van der Waals surface area contributed by atoms with Crippen molar-refractivity contribution in [2.45, 2.75) is 17.7 Å².